The Morgan fingerprint density at radius 3 is 2.19 bits per heavy atom. The molecule has 0 aromatic rings. The van der Waals surface area contributed by atoms with Crippen LogP contribution in [-0.2, 0) is 9.53 Å². The van der Waals surface area contributed by atoms with Crippen molar-refractivity contribution in [1.82, 2.24) is 4.90 Å². The minimum absolute atomic E-state index is 0.355. The molecule has 0 heterocycles. The maximum Gasteiger partial charge on any atom is 0.410 e. The van der Waals surface area contributed by atoms with Gasteiger partial charge < -0.3 is 9.84 Å². The number of carbonyl (C=O) groups excluding carboxylic acids is 1. The fourth-order valence-electron chi connectivity index (χ4n) is 1.12. The second-order valence-corrected chi connectivity index (χ2v) is 4.35. The molecule has 16 heavy (non-hydrogen) atoms. The van der Waals surface area contributed by atoms with Gasteiger partial charge in [-0.2, -0.15) is 0 Å². The molecule has 5 nitrogen and oxygen atoms in total. The zero-order valence-corrected chi connectivity index (χ0v) is 10.6. The molecule has 1 N–H and O–H groups in total. The van der Waals surface area contributed by atoms with Gasteiger partial charge in [-0.1, -0.05) is 13.8 Å². The van der Waals surface area contributed by atoms with Gasteiger partial charge in [0.1, 0.15) is 11.6 Å². The normalized spacial score (nSPS) is 13.1. The van der Waals surface area contributed by atoms with Gasteiger partial charge in [0.15, 0.2) is 0 Å². The van der Waals surface area contributed by atoms with E-state index in [0.29, 0.717) is 12.8 Å². The van der Waals surface area contributed by atoms with Crippen molar-refractivity contribution in [3.05, 3.63) is 0 Å². The first kappa shape index (κ1) is 14.7. The average molecular weight is 231 g/mol. The molecular weight excluding hydrogens is 210 g/mol. The first-order valence-corrected chi connectivity index (χ1v) is 5.43. The number of rotatable bonds is 5. The van der Waals surface area contributed by atoms with E-state index in [1.54, 1.807) is 20.8 Å². The first-order valence-electron chi connectivity index (χ1n) is 5.43. The average Bonchev–Trinajstić information content (AvgIpc) is 2.17. The number of likely N-dealkylation sites (N-methyl/N-ethyl adjacent to an activating group) is 1. The molecule has 94 valence electrons. The van der Waals surface area contributed by atoms with Crippen LogP contribution in [-0.4, -0.2) is 40.8 Å². The second kappa shape index (κ2) is 5.72. The van der Waals surface area contributed by atoms with E-state index < -0.39 is 23.7 Å². The van der Waals surface area contributed by atoms with Crippen molar-refractivity contribution >= 4 is 12.1 Å². The van der Waals surface area contributed by atoms with Gasteiger partial charge in [-0.15, -0.1) is 0 Å². The third-order valence-corrected chi connectivity index (χ3v) is 2.64. The number of carboxylic acids is 1. The molecule has 0 radical (unpaired) electrons. The van der Waals surface area contributed by atoms with Crippen LogP contribution in [0.5, 0.6) is 0 Å². The van der Waals surface area contributed by atoms with Crippen LogP contribution in [0.15, 0.2) is 0 Å². The quantitative estimate of drug-likeness (QED) is 0.786. The minimum atomic E-state index is -1.02. The largest absolute Gasteiger partial charge is 0.480 e. The number of hydrogen-bond acceptors (Lipinski definition) is 3. The van der Waals surface area contributed by atoms with E-state index in [0.717, 1.165) is 4.90 Å². The molecule has 0 aliphatic heterocycles. The summed E-state index contributed by atoms with van der Waals surface area (Å²) in [7, 11) is 1.44. The smallest absolute Gasteiger partial charge is 0.410 e. The molecule has 0 aliphatic rings. The summed E-state index contributed by atoms with van der Waals surface area (Å²) in [4.78, 5) is 23.6. The summed E-state index contributed by atoms with van der Waals surface area (Å²) in [5.41, 5.74) is -0.567. The molecule has 0 fully saturated rings. The van der Waals surface area contributed by atoms with Gasteiger partial charge in [0.25, 0.3) is 0 Å². The van der Waals surface area contributed by atoms with Crippen molar-refractivity contribution in [2.24, 2.45) is 0 Å². The third-order valence-electron chi connectivity index (χ3n) is 2.64. The summed E-state index contributed by atoms with van der Waals surface area (Å²) in [6.07, 6.45) is 0.435. The van der Waals surface area contributed by atoms with Crippen molar-refractivity contribution in [2.45, 2.75) is 52.2 Å². The Morgan fingerprint density at radius 1 is 1.38 bits per heavy atom. The fourth-order valence-corrected chi connectivity index (χ4v) is 1.12. The molecular formula is C11H21NO4. The Bertz CT molecular complexity index is 263. The van der Waals surface area contributed by atoms with Crippen molar-refractivity contribution in [1.29, 1.82) is 0 Å². The van der Waals surface area contributed by atoms with E-state index in [1.807, 2.05) is 6.92 Å². The van der Waals surface area contributed by atoms with E-state index in [4.69, 9.17) is 9.84 Å². The zero-order chi connectivity index (χ0) is 12.9. The molecule has 0 aliphatic carbocycles. The predicted molar refractivity (Wildman–Crippen MR) is 60.3 cm³/mol. The molecule has 0 spiro atoms. The van der Waals surface area contributed by atoms with Gasteiger partial charge in [-0.3, -0.25) is 4.90 Å². The third kappa shape index (κ3) is 4.08. The van der Waals surface area contributed by atoms with Crippen LogP contribution in [0.1, 0.15) is 40.5 Å². The van der Waals surface area contributed by atoms with Crippen molar-refractivity contribution in [3.63, 3.8) is 0 Å². The van der Waals surface area contributed by atoms with E-state index in [9.17, 15) is 9.59 Å². The second-order valence-electron chi connectivity index (χ2n) is 4.35. The Labute approximate surface area is 96.4 Å². The monoisotopic (exact) mass is 231 g/mol. The molecule has 1 atom stereocenters. The zero-order valence-electron chi connectivity index (χ0n) is 10.6. The van der Waals surface area contributed by atoms with Gasteiger partial charge in [0.2, 0.25) is 0 Å². The number of aliphatic carboxylic acids is 1. The van der Waals surface area contributed by atoms with Crippen LogP contribution in [0.4, 0.5) is 4.79 Å². The molecule has 0 rings (SSSR count). The van der Waals surface area contributed by atoms with E-state index in [1.165, 1.54) is 7.05 Å². The van der Waals surface area contributed by atoms with Crippen LogP contribution in [0, 0.1) is 0 Å². The highest BCUT2D eigenvalue weighted by Gasteiger charge is 2.29. The number of amides is 1. The first-order chi connectivity index (χ1) is 7.25. The molecule has 0 saturated heterocycles. The van der Waals surface area contributed by atoms with Gasteiger partial charge in [-0.25, -0.2) is 9.59 Å². The standard InChI is InChI=1S/C11H21NO4/c1-6-8(9(13)14)12(5)10(15)16-11(3,4)7-2/h8H,6-7H2,1-5H3,(H,13,14). The van der Waals surface area contributed by atoms with Gasteiger partial charge in [0.05, 0.1) is 0 Å². The SMILES string of the molecule is CCC(C(=O)O)N(C)C(=O)OC(C)(C)CC. The molecule has 5 heteroatoms. The summed E-state index contributed by atoms with van der Waals surface area (Å²) < 4.78 is 5.21. The number of carbonyl (C=O) groups is 2. The van der Waals surface area contributed by atoms with Crippen molar-refractivity contribution in [2.75, 3.05) is 7.05 Å². The number of hydrogen-bond donors (Lipinski definition) is 1. The molecule has 1 unspecified atom stereocenters. The van der Waals surface area contributed by atoms with Crippen LogP contribution >= 0.6 is 0 Å². The van der Waals surface area contributed by atoms with Crippen LogP contribution in [0.25, 0.3) is 0 Å². The van der Waals surface area contributed by atoms with Crippen LogP contribution in [0.3, 0.4) is 0 Å². The lowest BCUT2D eigenvalue weighted by atomic mass is 10.1. The number of nitrogens with zero attached hydrogens (tertiary/aromatic N) is 1. The summed E-state index contributed by atoms with van der Waals surface area (Å²) in [6, 6.07) is -0.833. The van der Waals surface area contributed by atoms with Gasteiger partial charge in [0, 0.05) is 7.05 Å². The summed E-state index contributed by atoms with van der Waals surface area (Å²) in [5.74, 6) is -1.02. The van der Waals surface area contributed by atoms with E-state index in [-0.39, 0.29) is 0 Å². The van der Waals surface area contributed by atoms with Gasteiger partial charge >= 0.3 is 12.1 Å². The lowest BCUT2D eigenvalue weighted by Gasteiger charge is -2.29. The van der Waals surface area contributed by atoms with Crippen LogP contribution < -0.4 is 0 Å². The van der Waals surface area contributed by atoms with E-state index >= 15 is 0 Å². The predicted octanol–water partition coefficient (Wildman–Crippen LogP) is 2.11. The number of carboxylic acid groups (broad SMARTS) is 1. The van der Waals surface area contributed by atoms with E-state index in [2.05, 4.69) is 0 Å². The molecule has 1 amide bonds. The highest BCUT2D eigenvalue weighted by atomic mass is 16.6. The topological polar surface area (TPSA) is 66.8 Å². The summed E-state index contributed by atoms with van der Waals surface area (Å²) in [6.45, 7) is 7.20. The lowest BCUT2D eigenvalue weighted by Crippen LogP contribution is -2.44. The maximum atomic E-state index is 11.7. The minimum Gasteiger partial charge on any atom is -0.480 e. The Kier molecular flexibility index (Phi) is 5.27. The highest BCUT2D eigenvalue weighted by Crippen LogP contribution is 2.16. The molecule has 0 aromatic carbocycles. The van der Waals surface area contributed by atoms with Gasteiger partial charge in [-0.05, 0) is 26.7 Å². The lowest BCUT2D eigenvalue weighted by molar-refractivity contribution is -0.142. The van der Waals surface area contributed by atoms with Crippen molar-refractivity contribution in [3.8, 4) is 0 Å². The summed E-state index contributed by atoms with van der Waals surface area (Å²) >= 11 is 0. The molecule has 0 aromatic heterocycles. The number of ether oxygens (including phenoxy) is 1. The summed E-state index contributed by atoms with van der Waals surface area (Å²) in [5, 5.41) is 8.90. The molecule has 0 saturated carbocycles. The van der Waals surface area contributed by atoms with Crippen molar-refractivity contribution < 1.29 is 19.4 Å². The highest BCUT2D eigenvalue weighted by molar-refractivity contribution is 5.79. The maximum absolute atomic E-state index is 11.7. The Balaban J connectivity index is 4.55. The fraction of sp³-hybridized carbons (Fsp3) is 0.818. The van der Waals surface area contributed by atoms with Crippen LogP contribution in [0.2, 0.25) is 0 Å². The molecule has 0 bridgehead atoms. The Hall–Kier alpha value is -1.26. The Morgan fingerprint density at radius 2 is 1.88 bits per heavy atom.